The first-order valence-electron chi connectivity index (χ1n) is 5.18. The molecule has 5 heteroatoms. The molecule has 0 bridgehead atoms. The van der Waals surface area contributed by atoms with Gasteiger partial charge in [-0.1, -0.05) is 11.6 Å². The smallest absolute Gasteiger partial charge is 0.257 e. The minimum atomic E-state index is -0.133. The van der Waals surface area contributed by atoms with Crippen molar-refractivity contribution in [1.82, 2.24) is 4.90 Å². The number of halogens is 2. The number of hydrogen-bond donors (Lipinski definition) is 0. The summed E-state index contributed by atoms with van der Waals surface area (Å²) in [4.78, 5) is 13.8. The predicted molar refractivity (Wildman–Crippen MR) is 70.3 cm³/mol. The highest BCUT2D eigenvalue weighted by Crippen LogP contribution is 2.24. The van der Waals surface area contributed by atoms with Crippen LogP contribution in [0.3, 0.4) is 0 Å². The van der Waals surface area contributed by atoms with E-state index in [9.17, 15) is 4.79 Å². The molecule has 3 nitrogen and oxygen atoms in total. The molecule has 0 heterocycles. The van der Waals surface area contributed by atoms with Crippen LogP contribution < -0.4 is 4.74 Å². The third-order valence-electron chi connectivity index (χ3n) is 2.60. The lowest BCUT2D eigenvalue weighted by atomic mass is 10.1. The summed E-state index contributed by atoms with van der Waals surface area (Å²) < 4.78 is 5.15. The van der Waals surface area contributed by atoms with Crippen LogP contribution in [0, 0.1) is 0 Å². The third-order valence-corrected chi connectivity index (χ3v) is 3.28. The van der Waals surface area contributed by atoms with E-state index in [0.717, 1.165) is 0 Å². The lowest BCUT2D eigenvalue weighted by Crippen LogP contribution is -2.36. The summed E-state index contributed by atoms with van der Waals surface area (Å²) in [5.41, 5.74) is 0.483. The first kappa shape index (κ1) is 14.1. The lowest BCUT2D eigenvalue weighted by molar-refractivity contribution is 0.0753. The van der Waals surface area contributed by atoms with Crippen molar-refractivity contribution in [2.75, 3.05) is 20.0 Å². The Hall–Kier alpha value is -0.930. The van der Waals surface area contributed by atoms with Crippen LogP contribution >= 0.6 is 23.2 Å². The van der Waals surface area contributed by atoms with Crippen molar-refractivity contribution in [3.63, 3.8) is 0 Å². The summed E-state index contributed by atoms with van der Waals surface area (Å²) in [6.45, 7) is 1.88. The van der Waals surface area contributed by atoms with Crippen molar-refractivity contribution in [1.29, 1.82) is 0 Å². The summed E-state index contributed by atoms with van der Waals surface area (Å²) in [5.74, 6) is 0.723. The second kappa shape index (κ2) is 6.12. The third kappa shape index (κ3) is 3.27. The van der Waals surface area contributed by atoms with Crippen LogP contribution in [0.4, 0.5) is 0 Å². The van der Waals surface area contributed by atoms with Gasteiger partial charge in [0.05, 0.1) is 12.7 Å². The number of carbonyl (C=O) groups is 1. The molecule has 0 saturated carbocycles. The molecule has 0 aliphatic heterocycles. The van der Waals surface area contributed by atoms with E-state index in [0.29, 0.717) is 22.2 Å². The normalized spacial score (nSPS) is 12.1. The fourth-order valence-corrected chi connectivity index (χ4v) is 1.70. The van der Waals surface area contributed by atoms with Crippen molar-refractivity contribution < 1.29 is 9.53 Å². The molecule has 17 heavy (non-hydrogen) atoms. The monoisotopic (exact) mass is 275 g/mol. The van der Waals surface area contributed by atoms with Gasteiger partial charge in [-0.15, -0.1) is 11.6 Å². The van der Waals surface area contributed by atoms with Crippen LogP contribution in [0.15, 0.2) is 18.2 Å². The van der Waals surface area contributed by atoms with Gasteiger partial charge in [0, 0.05) is 24.0 Å². The van der Waals surface area contributed by atoms with Gasteiger partial charge in [-0.2, -0.15) is 0 Å². The molecule has 0 radical (unpaired) electrons. The average Bonchev–Trinajstić information content (AvgIpc) is 2.35. The maximum absolute atomic E-state index is 12.2. The molecule has 94 valence electrons. The Kier molecular flexibility index (Phi) is 5.09. The molecule has 1 aromatic carbocycles. The Labute approximate surface area is 111 Å². The van der Waals surface area contributed by atoms with Crippen molar-refractivity contribution >= 4 is 29.1 Å². The largest absolute Gasteiger partial charge is 0.496 e. The Morgan fingerprint density at radius 2 is 2.18 bits per heavy atom. The number of rotatable bonds is 4. The number of hydrogen-bond acceptors (Lipinski definition) is 2. The maximum Gasteiger partial charge on any atom is 0.257 e. The first-order valence-corrected chi connectivity index (χ1v) is 6.09. The highest BCUT2D eigenvalue weighted by molar-refractivity contribution is 6.30. The molecule has 1 unspecified atom stereocenters. The Morgan fingerprint density at radius 1 is 1.53 bits per heavy atom. The standard InChI is InChI=1S/C12H15Cl2NO2/c1-8(7-13)15(2)12(16)10-5-4-9(14)6-11(10)17-3/h4-6,8H,7H2,1-3H3. The molecule has 0 aromatic heterocycles. The van der Waals surface area contributed by atoms with Crippen molar-refractivity contribution in [3.05, 3.63) is 28.8 Å². The molecular weight excluding hydrogens is 261 g/mol. The van der Waals surface area contributed by atoms with Crippen LogP contribution in [0.5, 0.6) is 5.75 Å². The van der Waals surface area contributed by atoms with E-state index in [4.69, 9.17) is 27.9 Å². The van der Waals surface area contributed by atoms with Crippen LogP contribution in [0.25, 0.3) is 0 Å². The lowest BCUT2D eigenvalue weighted by Gasteiger charge is -2.23. The minimum absolute atomic E-state index is 0.0375. The van der Waals surface area contributed by atoms with Gasteiger partial charge in [0.1, 0.15) is 5.75 Å². The molecular formula is C12H15Cl2NO2. The number of nitrogens with zero attached hydrogens (tertiary/aromatic N) is 1. The van der Waals surface area contributed by atoms with Gasteiger partial charge in [0.15, 0.2) is 0 Å². The zero-order valence-corrected chi connectivity index (χ0v) is 11.5. The Morgan fingerprint density at radius 3 is 2.71 bits per heavy atom. The van der Waals surface area contributed by atoms with Gasteiger partial charge in [-0.3, -0.25) is 4.79 Å². The summed E-state index contributed by atoms with van der Waals surface area (Å²) >= 11 is 11.6. The number of methoxy groups -OCH3 is 1. The minimum Gasteiger partial charge on any atom is -0.496 e. The predicted octanol–water partition coefficient (Wildman–Crippen LogP) is 3.05. The number of ether oxygens (including phenoxy) is 1. The molecule has 1 amide bonds. The zero-order chi connectivity index (χ0) is 13.0. The van der Waals surface area contributed by atoms with Crippen molar-refractivity contribution in [2.45, 2.75) is 13.0 Å². The highest BCUT2D eigenvalue weighted by Gasteiger charge is 2.20. The topological polar surface area (TPSA) is 29.5 Å². The summed E-state index contributed by atoms with van der Waals surface area (Å²) in [6, 6.07) is 4.90. The average molecular weight is 276 g/mol. The SMILES string of the molecule is COc1cc(Cl)ccc1C(=O)N(C)C(C)CCl. The Bertz CT molecular complexity index is 409. The molecule has 0 N–H and O–H groups in total. The molecule has 1 rings (SSSR count). The van der Waals surface area contributed by atoms with E-state index >= 15 is 0 Å². The molecule has 0 spiro atoms. The molecule has 1 atom stereocenters. The van der Waals surface area contributed by atoms with Gasteiger partial charge in [-0.05, 0) is 25.1 Å². The summed E-state index contributed by atoms with van der Waals surface area (Å²) in [7, 11) is 3.22. The number of carbonyl (C=O) groups excluding carboxylic acids is 1. The number of alkyl halides is 1. The first-order chi connectivity index (χ1) is 8.01. The molecule has 0 aliphatic rings. The van der Waals surface area contributed by atoms with E-state index in [1.165, 1.54) is 7.11 Å². The fourth-order valence-electron chi connectivity index (χ4n) is 1.34. The second-order valence-corrected chi connectivity index (χ2v) is 4.51. The summed E-state index contributed by atoms with van der Waals surface area (Å²) in [6.07, 6.45) is 0. The van der Waals surface area contributed by atoms with E-state index < -0.39 is 0 Å². The van der Waals surface area contributed by atoms with Crippen LogP contribution in [-0.4, -0.2) is 36.9 Å². The highest BCUT2D eigenvalue weighted by atomic mass is 35.5. The molecule has 0 fully saturated rings. The fraction of sp³-hybridized carbons (Fsp3) is 0.417. The number of benzene rings is 1. The summed E-state index contributed by atoms with van der Waals surface area (Å²) in [5, 5.41) is 0.534. The van der Waals surface area contributed by atoms with Gasteiger partial charge < -0.3 is 9.64 Å². The van der Waals surface area contributed by atoms with Gasteiger partial charge >= 0.3 is 0 Å². The van der Waals surface area contributed by atoms with Gasteiger partial charge in [-0.25, -0.2) is 0 Å². The molecule has 0 saturated heterocycles. The second-order valence-electron chi connectivity index (χ2n) is 3.76. The van der Waals surface area contributed by atoms with Crippen molar-refractivity contribution in [3.8, 4) is 5.75 Å². The van der Waals surface area contributed by atoms with Crippen LogP contribution in [0.2, 0.25) is 5.02 Å². The van der Waals surface area contributed by atoms with Gasteiger partial charge in [0.2, 0.25) is 0 Å². The van der Waals surface area contributed by atoms with E-state index in [-0.39, 0.29) is 11.9 Å². The van der Waals surface area contributed by atoms with E-state index in [2.05, 4.69) is 0 Å². The maximum atomic E-state index is 12.2. The van der Waals surface area contributed by atoms with Gasteiger partial charge in [0.25, 0.3) is 5.91 Å². The van der Waals surface area contributed by atoms with Crippen molar-refractivity contribution in [2.24, 2.45) is 0 Å². The van der Waals surface area contributed by atoms with E-state index in [1.807, 2.05) is 6.92 Å². The molecule has 1 aromatic rings. The number of amides is 1. The zero-order valence-electron chi connectivity index (χ0n) is 10.0. The van der Waals surface area contributed by atoms with Crippen LogP contribution in [0.1, 0.15) is 17.3 Å². The quantitative estimate of drug-likeness (QED) is 0.791. The van der Waals surface area contributed by atoms with Crippen LogP contribution in [-0.2, 0) is 0 Å². The molecule has 0 aliphatic carbocycles. The van der Waals surface area contributed by atoms with E-state index in [1.54, 1.807) is 30.1 Å². The Balaban J connectivity index is 3.03.